The molecule has 2 nitrogen and oxygen atoms in total. The van der Waals surface area contributed by atoms with E-state index in [0.717, 1.165) is 16.9 Å². The average Bonchev–Trinajstić information content (AvgIpc) is 2.33. The van der Waals surface area contributed by atoms with Crippen molar-refractivity contribution in [3.63, 3.8) is 0 Å². The lowest BCUT2D eigenvalue weighted by molar-refractivity contribution is 0.343. The van der Waals surface area contributed by atoms with Crippen molar-refractivity contribution in [3.8, 4) is 5.75 Å². The summed E-state index contributed by atoms with van der Waals surface area (Å²) in [6, 6.07) is 7.88. The molecule has 0 spiro atoms. The first-order chi connectivity index (χ1) is 8.46. The first-order valence-corrected chi connectivity index (χ1v) is 9.68. The molecule has 0 amide bonds. The molecule has 0 aliphatic carbocycles. The van der Waals surface area contributed by atoms with Crippen molar-refractivity contribution >= 4 is 13.6 Å². The van der Waals surface area contributed by atoms with Gasteiger partial charge in [0.05, 0.1) is 21.8 Å². The normalized spacial score (nSPS) is 13.1. The topological polar surface area (TPSA) is 29.5 Å². The van der Waals surface area contributed by atoms with Crippen molar-refractivity contribution in [2.75, 3.05) is 13.7 Å². The highest BCUT2D eigenvalue weighted by Crippen LogP contribution is 2.20. The smallest absolute Gasteiger partial charge is 0.118 e. The Morgan fingerprint density at radius 1 is 1.22 bits per heavy atom. The molecule has 3 heteroatoms. The monoisotopic (exact) mass is 262 g/mol. The second-order valence-corrected chi connectivity index (χ2v) is 10.3. The Morgan fingerprint density at radius 3 is 2.28 bits per heavy atom. The maximum absolute atomic E-state index is 9.10. The van der Waals surface area contributed by atoms with Crippen LogP contribution in [0.15, 0.2) is 42.1 Å². The second kappa shape index (κ2) is 6.57. The summed E-state index contributed by atoms with van der Waals surface area (Å²) in [7, 11) is 0.430. The van der Waals surface area contributed by atoms with Gasteiger partial charge in [-0.2, -0.15) is 0 Å². The summed E-state index contributed by atoms with van der Waals surface area (Å²) in [5, 5.41) is 9.10. The zero-order valence-electron chi connectivity index (χ0n) is 11.6. The molecule has 0 unspecified atom stereocenters. The van der Waals surface area contributed by atoms with Gasteiger partial charge in [0.15, 0.2) is 0 Å². The van der Waals surface area contributed by atoms with E-state index in [1.807, 2.05) is 30.3 Å². The van der Waals surface area contributed by atoms with Crippen LogP contribution in [0.25, 0.3) is 5.57 Å². The maximum Gasteiger partial charge on any atom is 0.118 e. The van der Waals surface area contributed by atoms with Gasteiger partial charge in [0.1, 0.15) is 5.75 Å². The van der Waals surface area contributed by atoms with Gasteiger partial charge < -0.3 is 9.84 Å². The van der Waals surface area contributed by atoms with Crippen LogP contribution < -0.4 is 4.74 Å². The molecule has 0 saturated heterocycles. The highest BCUT2D eigenvalue weighted by Gasteiger charge is 2.07. The molecule has 0 heterocycles. The number of aliphatic hydroxyl groups excluding tert-OH is 1. The number of rotatable bonds is 5. The predicted molar refractivity (Wildman–Crippen MR) is 80.5 cm³/mol. The molecule has 1 N–H and O–H groups in total. The third-order valence-electron chi connectivity index (χ3n) is 2.50. The fraction of sp³-hybridized carbons (Fsp3) is 0.333. The molecular weight excluding hydrogens is 240 g/mol. The molecule has 98 valence electrons. The summed E-state index contributed by atoms with van der Waals surface area (Å²) in [5.41, 5.74) is 4.43. The highest BCUT2D eigenvalue weighted by atomic mass is 28.3. The molecule has 18 heavy (non-hydrogen) atoms. The van der Waals surface area contributed by atoms with Gasteiger partial charge in [0.2, 0.25) is 0 Å². The molecule has 0 aliphatic rings. The number of methoxy groups -OCH3 is 1. The lowest BCUT2D eigenvalue weighted by Gasteiger charge is -2.10. The third-order valence-corrected chi connectivity index (χ3v) is 3.66. The fourth-order valence-corrected chi connectivity index (χ4v) is 2.18. The molecule has 0 aliphatic heterocycles. The van der Waals surface area contributed by atoms with Crippen molar-refractivity contribution in [1.82, 2.24) is 0 Å². The van der Waals surface area contributed by atoms with E-state index in [-0.39, 0.29) is 6.61 Å². The van der Waals surface area contributed by atoms with Crippen molar-refractivity contribution in [2.45, 2.75) is 19.6 Å². The zero-order chi connectivity index (χ0) is 13.6. The van der Waals surface area contributed by atoms with E-state index in [9.17, 15) is 0 Å². The number of allylic oxidation sites excluding steroid dienone is 2. The average molecular weight is 262 g/mol. The van der Waals surface area contributed by atoms with Gasteiger partial charge >= 0.3 is 0 Å². The van der Waals surface area contributed by atoms with Crippen LogP contribution in [-0.2, 0) is 0 Å². The van der Waals surface area contributed by atoms with Gasteiger partial charge in [-0.15, -0.1) is 0 Å². The quantitative estimate of drug-likeness (QED) is 0.650. The van der Waals surface area contributed by atoms with Gasteiger partial charge in [-0.25, -0.2) is 0 Å². The molecule has 0 fully saturated rings. The van der Waals surface area contributed by atoms with Gasteiger partial charge in [-0.1, -0.05) is 49.6 Å². The number of benzene rings is 1. The Hall–Kier alpha value is -1.32. The summed E-state index contributed by atoms with van der Waals surface area (Å²) >= 11 is 0. The maximum atomic E-state index is 9.10. The van der Waals surface area contributed by atoms with E-state index in [0.29, 0.717) is 0 Å². The van der Waals surface area contributed by atoms with Crippen molar-refractivity contribution in [1.29, 1.82) is 0 Å². The largest absolute Gasteiger partial charge is 0.497 e. The standard InChI is InChI=1S/C15H22O2Si/c1-17-15-7-5-13(6-8-15)14(9-11-16)10-12-18(2,3)4/h5-10,12,16H,11H2,1-4H3. The van der Waals surface area contributed by atoms with Crippen LogP contribution in [0.1, 0.15) is 5.56 Å². The second-order valence-electron chi connectivity index (χ2n) is 5.27. The van der Waals surface area contributed by atoms with E-state index in [4.69, 9.17) is 9.84 Å². The van der Waals surface area contributed by atoms with Crippen LogP contribution in [0.4, 0.5) is 0 Å². The molecule has 1 aromatic rings. The van der Waals surface area contributed by atoms with E-state index in [2.05, 4.69) is 31.4 Å². The molecule has 0 radical (unpaired) electrons. The van der Waals surface area contributed by atoms with Crippen molar-refractivity contribution in [3.05, 3.63) is 47.7 Å². The molecular formula is C15H22O2Si. The lowest BCUT2D eigenvalue weighted by atomic mass is 10.1. The van der Waals surface area contributed by atoms with Gasteiger partial charge in [0.25, 0.3) is 0 Å². The molecule has 0 aromatic heterocycles. The summed E-state index contributed by atoms with van der Waals surface area (Å²) in [6.07, 6.45) is 3.95. The Balaban J connectivity index is 2.98. The molecule has 0 atom stereocenters. The lowest BCUT2D eigenvalue weighted by Crippen LogP contribution is -2.15. The number of hydrogen-bond acceptors (Lipinski definition) is 2. The van der Waals surface area contributed by atoms with Crippen LogP contribution >= 0.6 is 0 Å². The number of aliphatic hydroxyl groups is 1. The number of hydrogen-bond donors (Lipinski definition) is 1. The van der Waals surface area contributed by atoms with Crippen molar-refractivity contribution in [2.24, 2.45) is 0 Å². The minimum Gasteiger partial charge on any atom is -0.497 e. The Bertz CT molecular complexity index is 425. The van der Waals surface area contributed by atoms with E-state index in [1.54, 1.807) is 7.11 Å². The Labute approximate surface area is 111 Å². The van der Waals surface area contributed by atoms with E-state index >= 15 is 0 Å². The van der Waals surface area contributed by atoms with Crippen LogP contribution in [-0.4, -0.2) is 26.9 Å². The number of ether oxygens (including phenoxy) is 1. The van der Waals surface area contributed by atoms with Gasteiger partial charge in [0, 0.05) is 0 Å². The molecule has 0 bridgehead atoms. The highest BCUT2D eigenvalue weighted by molar-refractivity contribution is 6.81. The first-order valence-electron chi connectivity index (χ1n) is 6.11. The fourth-order valence-electron chi connectivity index (χ4n) is 1.50. The van der Waals surface area contributed by atoms with E-state index < -0.39 is 8.07 Å². The first kappa shape index (κ1) is 14.7. The molecule has 1 aromatic carbocycles. The summed E-state index contributed by atoms with van der Waals surface area (Å²) in [6.45, 7) is 6.91. The third kappa shape index (κ3) is 4.90. The van der Waals surface area contributed by atoms with E-state index in [1.165, 1.54) is 0 Å². The van der Waals surface area contributed by atoms with Crippen molar-refractivity contribution < 1.29 is 9.84 Å². The molecule has 1 rings (SSSR count). The Morgan fingerprint density at radius 2 is 1.83 bits per heavy atom. The van der Waals surface area contributed by atoms with Crippen LogP contribution in [0.2, 0.25) is 19.6 Å². The summed E-state index contributed by atoms with van der Waals surface area (Å²) in [4.78, 5) is 0. The molecule has 0 saturated carbocycles. The van der Waals surface area contributed by atoms with Gasteiger partial charge in [-0.05, 0) is 23.3 Å². The van der Waals surface area contributed by atoms with Crippen LogP contribution in [0.3, 0.4) is 0 Å². The van der Waals surface area contributed by atoms with Crippen LogP contribution in [0.5, 0.6) is 5.75 Å². The van der Waals surface area contributed by atoms with Crippen LogP contribution in [0, 0.1) is 0 Å². The predicted octanol–water partition coefficient (Wildman–Crippen LogP) is 3.50. The Kier molecular flexibility index (Phi) is 5.38. The summed E-state index contributed by atoms with van der Waals surface area (Å²) < 4.78 is 5.14. The van der Waals surface area contributed by atoms with Gasteiger partial charge in [-0.3, -0.25) is 0 Å². The zero-order valence-corrected chi connectivity index (χ0v) is 12.6. The SMILES string of the molecule is COc1ccc(C(C=C[Si](C)(C)C)=CCO)cc1. The minimum atomic E-state index is -1.23. The minimum absolute atomic E-state index is 0.0530. The summed E-state index contributed by atoms with van der Waals surface area (Å²) in [5.74, 6) is 0.844.